The van der Waals surface area contributed by atoms with Gasteiger partial charge in [-0.15, -0.1) is 0 Å². The summed E-state index contributed by atoms with van der Waals surface area (Å²) in [6.07, 6.45) is 2.27. The predicted molar refractivity (Wildman–Crippen MR) is 112 cm³/mol. The lowest BCUT2D eigenvalue weighted by molar-refractivity contribution is -0.870. The molecule has 0 saturated heterocycles. The second-order valence-corrected chi connectivity index (χ2v) is 8.31. The van der Waals surface area contributed by atoms with Gasteiger partial charge >= 0.3 is 5.97 Å². The van der Waals surface area contributed by atoms with Crippen molar-refractivity contribution in [1.29, 1.82) is 0 Å². The molecule has 10 nitrogen and oxygen atoms in total. The van der Waals surface area contributed by atoms with Gasteiger partial charge in [0, 0.05) is 12.1 Å². The Labute approximate surface area is 175 Å². The first kappa shape index (κ1) is 31.9. The van der Waals surface area contributed by atoms with Crippen molar-refractivity contribution >= 4 is 22.3 Å². The molecule has 0 rings (SSSR count). The van der Waals surface area contributed by atoms with E-state index in [4.69, 9.17) is 4.74 Å². The Kier molecular flexibility index (Phi) is 18.8. The molecule has 172 valence electrons. The molecule has 0 bridgehead atoms. The van der Waals surface area contributed by atoms with E-state index in [0.29, 0.717) is 12.2 Å². The van der Waals surface area contributed by atoms with E-state index in [1.165, 1.54) is 6.08 Å². The zero-order chi connectivity index (χ0) is 23.7. The van der Waals surface area contributed by atoms with Crippen LogP contribution in [0.3, 0.4) is 0 Å². The number of rotatable bonds is 10. The second-order valence-electron chi connectivity index (χ2n) is 7.16. The van der Waals surface area contributed by atoms with Gasteiger partial charge in [0.2, 0.25) is 16.3 Å². The smallest absolute Gasteiger partial charge is 0.333 e. The van der Waals surface area contributed by atoms with Crippen molar-refractivity contribution in [3.8, 4) is 0 Å². The number of carbonyl (C=O) groups is 2. The van der Waals surface area contributed by atoms with Gasteiger partial charge in [-0.1, -0.05) is 13.2 Å². The molecule has 0 aromatic rings. The van der Waals surface area contributed by atoms with Gasteiger partial charge in [0.05, 0.1) is 28.3 Å². The highest BCUT2D eigenvalue weighted by Gasteiger charge is 2.09. The summed E-state index contributed by atoms with van der Waals surface area (Å²) in [4.78, 5) is 23.6. The van der Waals surface area contributed by atoms with Gasteiger partial charge in [0.1, 0.15) is 13.2 Å². The van der Waals surface area contributed by atoms with Crippen molar-refractivity contribution in [3.05, 3.63) is 24.8 Å². The van der Waals surface area contributed by atoms with Crippen LogP contribution in [0.1, 0.15) is 13.3 Å². The Morgan fingerprint density at radius 3 is 2.03 bits per heavy atom. The number of nitrogens with zero attached hydrogens (tertiary/aromatic N) is 2. The van der Waals surface area contributed by atoms with Crippen molar-refractivity contribution in [1.82, 2.24) is 10.2 Å². The summed E-state index contributed by atoms with van der Waals surface area (Å²) in [7, 11) is 6.56. The molecule has 29 heavy (non-hydrogen) atoms. The third-order valence-corrected chi connectivity index (χ3v) is 3.22. The highest BCUT2D eigenvalue weighted by Crippen LogP contribution is 1.94. The highest BCUT2D eigenvalue weighted by molar-refractivity contribution is 7.80. The number of hydrogen-bond acceptors (Lipinski definition) is 8. The van der Waals surface area contributed by atoms with E-state index in [-0.39, 0.29) is 11.9 Å². The number of quaternary nitrogens is 1. The Balaban J connectivity index is -0.000000369. The fraction of sp³-hybridized carbons (Fsp3) is 0.667. The van der Waals surface area contributed by atoms with Crippen molar-refractivity contribution in [3.63, 3.8) is 0 Å². The zero-order valence-corrected chi connectivity index (χ0v) is 19.5. The molecular formula is C18H37N3O7S. The van der Waals surface area contributed by atoms with Crippen LogP contribution in [-0.2, 0) is 28.9 Å². The van der Waals surface area contributed by atoms with E-state index in [1.807, 2.05) is 14.1 Å². The lowest BCUT2D eigenvalue weighted by Crippen LogP contribution is -2.38. The summed E-state index contributed by atoms with van der Waals surface area (Å²) in [6, 6.07) is 0. The summed E-state index contributed by atoms with van der Waals surface area (Å²) < 4.78 is 36.7. The molecule has 0 radical (unpaired) electrons. The first-order chi connectivity index (χ1) is 13.1. The molecule has 11 heteroatoms. The summed E-state index contributed by atoms with van der Waals surface area (Å²) in [6.45, 7) is 11.5. The first-order valence-electron chi connectivity index (χ1n) is 8.75. The van der Waals surface area contributed by atoms with Gasteiger partial charge in [-0.05, 0) is 40.1 Å². The summed E-state index contributed by atoms with van der Waals surface area (Å²) >= 11 is 0. The molecule has 1 amide bonds. The van der Waals surface area contributed by atoms with Crippen molar-refractivity contribution in [2.45, 2.75) is 13.3 Å². The summed E-state index contributed by atoms with van der Waals surface area (Å²) in [5, 5.41) is 2.70. The molecule has 0 heterocycles. The molecule has 0 unspecified atom stereocenters. The SMILES string of the molecule is C=C(C)C(=O)OCC[N+](C)(C)C.C=CC(=O)NCCCN(C)C.COS(=O)(=O)[O-]. The number of ether oxygens (including phenoxy) is 1. The third kappa shape index (κ3) is 34.1. The van der Waals surface area contributed by atoms with Crippen LogP contribution < -0.4 is 5.32 Å². The lowest BCUT2D eigenvalue weighted by Gasteiger charge is -2.23. The second kappa shape index (κ2) is 17.1. The number of nitrogens with one attached hydrogen (secondary N) is 1. The Hall–Kier alpha value is -1.79. The Bertz CT molecular complexity index is 597. The van der Waals surface area contributed by atoms with Gasteiger partial charge in [-0.25, -0.2) is 13.2 Å². The standard InChI is InChI=1S/C9H18NO2.C8H16N2O.CH4O4S/c1-8(2)9(11)12-7-6-10(3,4)5;1-4-8(11)9-6-5-7-10(2)3;1-5-6(2,3)4/h1,6-7H2,2-5H3;4H,1,5-7H2,2-3H3,(H,9,11);1H3,(H,2,3,4)/q+1;;/p-1. The van der Waals surface area contributed by atoms with Gasteiger partial charge < -0.3 is 24.0 Å². The average molecular weight is 440 g/mol. The monoisotopic (exact) mass is 439 g/mol. The summed E-state index contributed by atoms with van der Waals surface area (Å²) in [5.74, 6) is -0.396. The maximum absolute atomic E-state index is 10.9. The molecule has 0 aromatic heterocycles. The molecule has 0 spiro atoms. The van der Waals surface area contributed by atoms with Crippen molar-refractivity contribution < 1.29 is 36.0 Å². The molecule has 0 aliphatic carbocycles. The van der Waals surface area contributed by atoms with Gasteiger partial charge in [-0.2, -0.15) is 0 Å². The van der Waals surface area contributed by atoms with Crippen LogP contribution in [0.4, 0.5) is 0 Å². The minimum absolute atomic E-state index is 0.0937. The van der Waals surface area contributed by atoms with E-state index in [9.17, 15) is 22.6 Å². The highest BCUT2D eigenvalue weighted by atomic mass is 32.3. The topological polar surface area (TPSA) is 125 Å². The Morgan fingerprint density at radius 2 is 1.72 bits per heavy atom. The van der Waals surface area contributed by atoms with Crippen LogP contribution in [-0.4, -0.2) is 103 Å². The molecule has 0 aliphatic rings. The Morgan fingerprint density at radius 1 is 1.24 bits per heavy atom. The summed E-state index contributed by atoms with van der Waals surface area (Å²) in [5.41, 5.74) is 0.455. The normalized spacial score (nSPS) is 10.7. The third-order valence-electron chi connectivity index (χ3n) is 2.81. The molecule has 0 aromatic carbocycles. The van der Waals surface area contributed by atoms with E-state index in [0.717, 1.165) is 37.6 Å². The van der Waals surface area contributed by atoms with Crippen LogP contribution in [0.25, 0.3) is 0 Å². The predicted octanol–water partition coefficient (Wildman–Crippen LogP) is 0.145. The van der Waals surface area contributed by atoms with E-state index >= 15 is 0 Å². The molecule has 0 aliphatic heterocycles. The number of hydrogen-bond donors (Lipinski definition) is 1. The van der Waals surface area contributed by atoms with E-state index in [2.05, 4.69) is 48.7 Å². The maximum Gasteiger partial charge on any atom is 0.333 e. The van der Waals surface area contributed by atoms with Gasteiger partial charge in [-0.3, -0.25) is 8.98 Å². The van der Waals surface area contributed by atoms with Crippen LogP contribution in [0.15, 0.2) is 24.8 Å². The number of carbonyl (C=O) groups excluding carboxylic acids is 2. The fourth-order valence-corrected chi connectivity index (χ4v) is 1.21. The molecule has 0 saturated carbocycles. The quantitative estimate of drug-likeness (QED) is 0.127. The molecule has 1 N–H and O–H groups in total. The zero-order valence-electron chi connectivity index (χ0n) is 18.7. The van der Waals surface area contributed by atoms with E-state index in [1.54, 1.807) is 6.92 Å². The van der Waals surface area contributed by atoms with Gasteiger partial charge in [0.25, 0.3) is 0 Å². The number of esters is 1. The van der Waals surface area contributed by atoms with Crippen LogP contribution >= 0.6 is 0 Å². The van der Waals surface area contributed by atoms with Crippen molar-refractivity contribution in [2.75, 3.05) is 68.6 Å². The molecule has 0 fully saturated rings. The van der Waals surface area contributed by atoms with Crippen LogP contribution in [0.2, 0.25) is 0 Å². The number of likely N-dealkylation sites (N-methyl/N-ethyl adjacent to an activating group) is 1. The largest absolute Gasteiger partial charge is 0.726 e. The fourth-order valence-electron chi connectivity index (χ4n) is 1.21. The number of amides is 1. The lowest BCUT2D eigenvalue weighted by atomic mass is 10.4. The molecular weight excluding hydrogens is 402 g/mol. The van der Waals surface area contributed by atoms with Crippen LogP contribution in [0.5, 0.6) is 0 Å². The minimum atomic E-state index is -4.41. The average Bonchev–Trinajstić information content (AvgIpc) is 2.57. The first-order valence-corrected chi connectivity index (χ1v) is 10.1. The van der Waals surface area contributed by atoms with Crippen molar-refractivity contribution in [2.24, 2.45) is 0 Å². The van der Waals surface area contributed by atoms with Crippen LogP contribution in [0, 0.1) is 0 Å². The molecule has 0 atom stereocenters. The van der Waals surface area contributed by atoms with Gasteiger partial charge in [0.15, 0.2) is 0 Å². The van der Waals surface area contributed by atoms with E-state index < -0.39 is 10.4 Å². The minimum Gasteiger partial charge on any atom is -0.726 e. The maximum atomic E-state index is 10.9.